The first-order chi connectivity index (χ1) is 17.2. The van der Waals surface area contributed by atoms with Gasteiger partial charge in [-0.05, 0) is 69.2 Å². The first kappa shape index (κ1) is 27.1. The van der Waals surface area contributed by atoms with Crippen molar-refractivity contribution in [2.24, 2.45) is 0 Å². The van der Waals surface area contributed by atoms with Gasteiger partial charge in [0.25, 0.3) is 0 Å². The third-order valence-electron chi connectivity index (χ3n) is 7.66. The van der Waals surface area contributed by atoms with Crippen molar-refractivity contribution < 1.29 is 28.8 Å². The molecule has 0 atom stereocenters. The van der Waals surface area contributed by atoms with E-state index in [1.54, 1.807) is 12.1 Å². The van der Waals surface area contributed by atoms with E-state index >= 15 is 0 Å². The second-order valence-corrected chi connectivity index (χ2v) is 12.3. The van der Waals surface area contributed by atoms with Gasteiger partial charge in [-0.1, -0.05) is 26.0 Å². The summed E-state index contributed by atoms with van der Waals surface area (Å²) in [5, 5.41) is 9.28. The summed E-state index contributed by atoms with van der Waals surface area (Å²) in [6.45, 7) is 14.2. The molecule has 0 saturated heterocycles. The zero-order chi connectivity index (χ0) is 27.3. The van der Waals surface area contributed by atoms with E-state index in [4.69, 9.17) is 0 Å². The van der Waals surface area contributed by atoms with E-state index in [0.717, 1.165) is 52.6 Å². The number of anilines is 1. The molecule has 2 aromatic rings. The number of nitrogens with zero attached hydrogens (tertiary/aromatic N) is 2. The van der Waals surface area contributed by atoms with Crippen LogP contribution in [0.25, 0.3) is 0 Å². The SMILES string of the molecule is CCN1/C(=C/C=C/C2=[N+](CC)c3ccc(CC(=O)O)cc3C2(C)C)C(C)(C)c2cc(P(=O)(O)O)ccc21. The second-order valence-electron chi connectivity index (χ2n) is 10.7. The van der Waals surface area contributed by atoms with Crippen molar-refractivity contribution in [2.45, 2.75) is 58.8 Å². The molecule has 7 nitrogen and oxygen atoms in total. The average molecular weight is 524 g/mol. The number of hydrogen-bond acceptors (Lipinski definition) is 3. The number of likely N-dealkylation sites (N-methyl/N-ethyl adjacent to an activating group) is 1. The van der Waals surface area contributed by atoms with Crippen LogP contribution in [0.5, 0.6) is 0 Å². The first-order valence-corrected chi connectivity index (χ1v) is 14.2. The minimum absolute atomic E-state index is 0.00101. The number of carbonyl (C=O) groups is 1. The highest BCUT2D eigenvalue weighted by Gasteiger charge is 2.44. The minimum atomic E-state index is -4.35. The lowest BCUT2D eigenvalue weighted by molar-refractivity contribution is -0.433. The Kier molecular flexibility index (Phi) is 6.87. The van der Waals surface area contributed by atoms with Gasteiger partial charge in [0.2, 0.25) is 5.69 Å². The Balaban J connectivity index is 1.73. The Morgan fingerprint density at radius 1 is 1.03 bits per heavy atom. The summed E-state index contributed by atoms with van der Waals surface area (Å²) >= 11 is 0. The molecule has 3 N–H and O–H groups in total. The summed E-state index contributed by atoms with van der Waals surface area (Å²) in [6, 6.07) is 10.9. The van der Waals surface area contributed by atoms with Crippen LogP contribution in [0.15, 0.2) is 60.3 Å². The minimum Gasteiger partial charge on any atom is -0.481 e. The quantitative estimate of drug-likeness (QED) is 0.357. The summed E-state index contributed by atoms with van der Waals surface area (Å²) < 4.78 is 14.2. The fourth-order valence-electron chi connectivity index (χ4n) is 5.76. The molecule has 0 amide bonds. The van der Waals surface area contributed by atoms with Crippen molar-refractivity contribution in [3.8, 4) is 0 Å². The fraction of sp³-hybridized carbons (Fsp3) is 0.379. The summed E-state index contributed by atoms with van der Waals surface area (Å²) in [6.07, 6.45) is 6.27. The number of carboxylic acid groups (broad SMARTS) is 1. The van der Waals surface area contributed by atoms with Crippen LogP contribution in [0.3, 0.4) is 0 Å². The summed E-state index contributed by atoms with van der Waals surface area (Å²) in [7, 11) is -4.35. The zero-order valence-electron chi connectivity index (χ0n) is 22.3. The molecule has 8 heteroatoms. The van der Waals surface area contributed by atoms with Crippen LogP contribution < -0.4 is 10.2 Å². The van der Waals surface area contributed by atoms with Gasteiger partial charge in [0.15, 0.2) is 5.71 Å². The molecule has 0 unspecified atom stereocenters. The van der Waals surface area contributed by atoms with E-state index < -0.39 is 19.0 Å². The van der Waals surface area contributed by atoms with Crippen molar-refractivity contribution in [2.75, 3.05) is 18.0 Å². The van der Waals surface area contributed by atoms with Crippen LogP contribution >= 0.6 is 7.60 Å². The standard InChI is InChI=1S/C29H35N2O5P/c1-7-30-23-14-12-19(17-27(32)33)16-21(23)28(3,4)25(30)10-9-11-26-29(5,6)22-18-20(37(34,35)36)13-15-24(22)31(26)8-2/h9-16,18H,7-8,17H2,1-6H3,(H2-,32,33,34,35,36)/p+1. The second kappa shape index (κ2) is 9.39. The predicted octanol–water partition coefficient (Wildman–Crippen LogP) is 4.77. The largest absolute Gasteiger partial charge is 0.481 e. The van der Waals surface area contributed by atoms with Crippen LogP contribution in [0.1, 0.15) is 58.2 Å². The predicted molar refractivity (Wildman–Crippen MR) is 148 cm³/mol. The lowest BCUT2D eigenvalue weighted by Gasteiger charge is -2.25. The van der Waals surface area contributed by atoms with Gasteiger partial charge in [-0.2, -0.15) is 4.58 Å². The van der Waals surface area contributed by atoms with Crippen molar-refractivity contribution in [1.82, 2.24) is 0 Å². The van der Waals surface area contributed by atoms with Gasteiger partial charge < -0.3 is 19.8 Å². The fourth-order valence-corrected chi connectivity index (χ4v) is 6.33. The number of allylic oxidation sites excluding steroid dienone is 4. The van der Waals surface area contributed by atoms with Crippen LogP contribution in [-0.2, 0) is 26.6 Å². The molecule has 2 heterocycles. The molecule has 0 fully saturated rings. The maximum atomic E-state index is 11.9. The van der Waals surface area contributed by atoms with Crippen molar-refractivity contribution in [1.29, 1.82) is 0 Å². The van der Waals surface area contributed by atoms with Gasteiger partial charge in [-0.3, -0.25) is 9.36 Å². The highest BCUT2D eigenvalue weighted by molar-refractivity contribution is 7.60. The molecular formula is C29H36N2O5P+. The number of rotatable bonds is 7. The third kappa shape index (κ3) is 4.61. The molecule has 0 aromatic heterocycles. The average Bonchev–Trinajstić information content (AvgIpc) is 3.16. The number of benzene rings is 2. The number of hydrogen-bond donors (Lipinski definition) is 3. The van der Waals surface area contributed by atoms with E-state index in [2.05, 4.69) is 69.2 Å². The Morgan fingerprint density at radius 3 is 2.32 bits per heavy atom. The van der Waals surface area contributed by atoms with Crippen LogP contribution in [-0.4, -0.2) is 44.2 Å². The zero-order valence-corrected chi connectivity index (χ0v) is 23.2. The first-order valence-electron chi connectivity index (χ1n) is 12.6. The van der Waals surface area contributed by atoms with Gasteiger partial charge in [0.1, 0.15) is 6.54 Å². The Labute approximate surface area is 218 Å². The molecule has 2 aliphatic heterocycles. The van der Waals surface area contributed by atoms with E-state index in [9.17, 15) is 24.3 Å². The Hall–Kier alpha value is -2.99. The molecule has 2 aliphatic rings. The summed E-state index contributed by atoms with van der Waals surface area (Å²) in [4.78, 5) is 32.9. The number of carboxylic acids is 1. The highest BCUT2D eigenvalue weighted by atomic mass is 31.2. The lowest BCUT2D eigenvalue weighted by Crippen LogP contribution is -2.28. The van der Waals surface area contributed by atoms with E-state index in [0.29, 0.717) is 0 Å². The highest BCUT2D eigenvalue weighted by Crippen LogP contribution is 2.49. The normalized spacial score (nSPS) is 19.1. The van der Waals surface area contributed by atoms with Crippen molar-refractivity contribution in [3.63, 3.8) is 0 Å². The molecule has 0 spiro atoms. The van der Waals surface area contributed by atoms with Gasteiger partial charge in [-0.25, -0.2) is 0 Å². The topological polar surface area (TPSA) is 101 Å². The molecule has 37 heavy (non-hydrogen) atoms. The van der Waals surface area contributed by atoms with Gasteiger partial charge in [0, 0.05) is 41.1 Å². The van der Waals surface area contributed by atoms with Gasteiger partial charge in [-0.15, -0.1) is 0 Å². The number of fused-ring (bicyclic) bond motifs is 2. The number of aliphatic carboxylic acids is 1. The van der Waals surface area contributed by atoms with Crippen LogP contribution in [0.2, 0.25) is 0 Å². The van der Waals surface area contributed by atoms with Crippen LogP contribution in [0.4, 0.5) is 11.4 Å². The summed E-state index contributed by atoms with van der Waals surface area (Å²) in [5.41, 5.74) is 6.34. The molecular weight excluding hydrogens is 487 g/mol. The van der Waals surface area contributed by atoms with Crippen LogP contribution in [0, 0.1) is 0 Å². The van der Waals surface area contributed by atoms with E-state index in [-0.39, 0.29) is 17.1 Å². The van der Waals surface area contributed by atoms with Gasteiger partial charge >= 0.3 is 13.6 Å². The molecule has 4 rings (SSSR count). The molecule has 2 aromatic carbocycles. The lowest BCUT2D eigenvalue weighted by atomic mass is 9.80. The smallest absolute Gasteiger partial charge is 0.356 e. The molecule has 196 valence electrons. The Bertz CT molecular complexity index is 1410. The third-order valence-corrected chi connectivity index (χ3v) is 8.61. The van der Waals surface area contributed by atoms with Gasteiger partial charge in [0.05, 0.1) is 17.1 Å². The maximum Gasteiger partial charge on any atom is 0.356 e. The van der Waals surface area contributed by atoms with E-state index in [1.807, 2.05) is 18.2 Å². The molecule has 0 saturated carbocycles. The molecule has 0 bridgehead atoms. The maximum absolute atomic E-state index is 11.9. The van der Waals surface area contributed by atoms with Crippen molar-refractivity contribution in [3.05, 3.63) is 77.0 Å². The summed E-state index contributed by atoms with van der Waals surface area (Å²) in [5.74, 6) is -0.840. The van der Waals surface area contributed by atoms with Crippen molar-refractivity contribution >= 4 is 36.0 Å². The van der Waals surface area contributed by atoms with E-state index in [1.165, 1.54) is 6.07 Å². The monoisotopic (exact) mass is 523 g/mol. The molecule has 0 radical (unpaired) electrons. The Morgan fingerprint density at radius 2 is 1.73 bits per heavy atom. The molecule has 0 aliphatic carbocycles.